The van der Waals surface area contributed by atoms with Crippen molar-refractivity contribution in [2.24, 2.45) is 0 Å². The molecule has 0 spiro atoms. The molecule has 2 saturated heterocycles. The summed E-state index contributed by atoms with van der Waals surface area (Å²) in [6.07, 6.45) is 2.05. The van der Waals surface area contributed by atoms with Gasteiger partial charge in [0.1, 0.15) is 0 Å². The van der Waals surface area contributed by atoms with Gasteiger partial charge in [-0.05, 0) is 38.1 Å². The van der Waals surface area contributed by atoms with Crippen LogP contribution in [0.15, 0.2) is 18.2 Å². The highest BCUT2D eigenvalue weighted by Crippen LogP contribution is 2.26. The molecule has 1 unspecified atom stereocenters. The zero-order valence-electron chi connectivity index (χ0n) is 13.5. The second-order valence-electron chi connectivity index (χ2n) is 5.93. The highest BCUT2D eigenvalue weighted by molar-refractivity contribution is 6.34. The normalized spacial score (nSPS) is 20.6. The summed E-state index contributed by atoms with van der Waals surface area (Å²) < 4.78 is 0. The maximum Gasteiger partial charge on any atom is 0.321 e. The third kappa shape index (κ3) is 3.77. The number of likely N-dealkylation sites (N-methyl/N-ethyl adjacent to an activating group) is 1. The highest BCUT2D eigenvalue weighted by atomic mass is 35.5. The number of carbonyl (C=O) groups is 2. The van der Waals surface area contributed by atoms with E-state index in [1.165, 1.54) is 0 Å². The van der Waals surface area contributed by atoms with E-state index in [4.69, 9.17) is 11.6 Å². The topological polar surface area (TPSA) is 64.7 Å². The number of carbonyl (C=O) groups excluding carboxylic acids is 2. The average molecular weight is 373 g/mol. The molecule has 1 atom stereocenters. The Bertz CT molecular complexity index is 626. The van der Waals surface area contributed by atoms with E-state index in [0.29, 0.717) is 41.9 Å². The van der Waals surface area contributed by atoms with Crippen molar-refractivity contribution in [2.45, 2.75) is 18.9 Å². The summed E-state index contributed by atoms with van der Waals surface area (Å²) in [5.41, 5.74) is 1.16. The first kappa shape index (κ1) is 18.8. The van der Waals surface area contributed by atoms with Gasteiger partial charge in [-0.2, -0.15) is 0 Å². The number of hydrogen-bond donors (Lipinski definition) is 2. The van der Waals surface area contributed by atoms with Gasteiger partial charge in [-0.3, -0.25) is 9.69 Å². The molecule has 0 bridgehead atoms. The first-order valence-electron chi connectivity index (χ1n) is 7.91. The Morgan fingerprint density at radius 3 is 2.83 bits per heavy atom. The maximum absolute atomic E-state index is 12.8. The molecule has 0 aliphatic carbocycles. The molecular formula is C16H22Cl2N4O2. The molecule has 2 N–H and O–H groups in total. The molecule has 2 fully saturated rings. The Kier molecular flexibility index (Phi) is 6.32. The van der Waals surface area contributed by atoms with Crippen LogP contribution < -0.4 is 15.5 Å². The van der Waals surface area contributed by atoms with Gasteiger partial charge < -0.3 is 15.5 Å². The standard InChI is InChI=1S/C16H21ClN4O2.ClH/c1-18-11-3-2-7-20(10-11)15(22)13-9-12(4-5-14(13)17)21-8-6-19-16(21)23;/h4-5,9,11,18H,2-3,6-8,10H2,1H3,(H,19,23);1H. The van der Waals surface area contributed by atoms with Crippen LogP contribution in [0.4, 0.5) is 10.5 Å². The predicted molar refractivity (Wildman–Crippen MR) is 97.4 cm³/mol. The van der Waals surface area contributed by atoms with Gasteiger partial charge in [-0.15, -0.1) is 12.4 Å². The van der Waals surface area contributed by atoms with E-state index in [1.807, 2.05) is 11.9 Å². The monoisotopic (exact) mass is 372 g/mol. The fourth-order valence-corrected chi connectivity index (χ4v) is 3.33. The number of amides is 3. The summed E-state index contributed by atoms with van der Waals surface area (Å²) in [4.78, 5) is 28.1. The number of likely N-dealkylation sites (tertiary alicyclic amines) is 1. The van der Waals surface area contributed by atoms with E-state index < -0.39 is 0 Å². The first-order valence-corrected chi connectivity index (χ1v) is 8.29. The van der Waals surface area contributed by atoms with Crippen molar-refractivity contribution >= 4 is 41.6 Å². The van der Waals surface area contributed by atoms with Crippen LogP contribution in [-0.4, -0.2) is 56.1 Å². The van der Waals surface area contributed by atoms with E-state index in [-0.39, 0.29) is 24.3 Å². The summed E-state index contributed by atoms with van der Waals surface area (Å²) in [6, 6.07) is 5.36. The van der Waals surface area contributed by atoms with Gasteiger partial charge >= 0.3 is 6.03 Å². The smallest absolute Gasteiger partial charge is 0.321 e. The number of nitrogens with one attached hydrogen (secondary N) is 2. The van der Waals surface area contributed by atoms with E-state index in [9.17, 15) is 9.59 Å². The van der Waals surface area contributed by atoms with Crippen LogP contribution in [0.25, 0.3) is 0 Å². The van der Waals surface area contributed by atoms with Gasteiger partial charge in [-0.25, -0.2) is 4.79 Å². The van der Waals surface area contributed by atoms with Crippen LogP contribution >= 0.6 is 24.0 Å². The average Bonchev–Trinajstić information content (AvgIpc) is 3.01. The van der Waals surface area contributed by atoms with Crippen molar-refractivity contribution in [1.82, 2.24) is 15.5 Å². The summed E-state index contributed by atoms with van der Waals surface area (Å²) in [7, 11) is 1.91. The van der Waals surface area contributed by atoms with Crippen LogP contribution in [0, 0.1) is 0 Å². The molecule has 2 aliphatic rings. The fraction of sp³-hybridized carbons (Fsp3) is 0.500. The lowest BCUT2D eigenvalue weighted by Gasteiger charge is -2.33. The number of piperidine rings is 1. The van der Waals surface area contributed by atoms with Crippen LogP contribution in [0.3, 0.4) is 0 Å². The van der Waals surface area contributed by atoms with Crippen molar-refractivity contribution < 1.29 is 9.59 Å². The largest absolute Gasteiger partial charge is 0.337 e. The molecule has 1 aromatic rings. The Balaban J connectivity index is 0.00000208. The molecule has 3 rings (SSSR count). The molecule has 0 radical (unpaired) electrons. The molecule has 24 heavy (non-hydrogen) atoms. The Hall–Kier alpha value is -1.50. The summed E-state index contributed by atoms with van der Waals surface area (Å²) in [6.45, 7) is 2.63. The summed E-state index contributed by atoms with van der Waals surface area (Å²) in [5.74, 6) is -0.0728. The number of benzene rings is 1. The van der Waals surface area contributed by atoms with Crippen LogP contribution in [0.1, 0.15) is 23.2 Å². The quantitative estimate of drug-likeness (QED) is 0.853. The minimum Gasteiger partial charge on any atom is -0.337 e. The SMILES string of the molecule is CNC1CCCN(C(=O)c2cc(N3CCNC3=O)ccc2Cl)C1.Cl. The summed E-state index contributed by atoms with van der Waals surface area (Å²) >= 11 is 6.24. The third-order valence-electron chi connectivity index (χ3n) is 4.47. The van der Waals surface area contributed by atoms with Gasteiger partial charge in [0.15, 0.2) is 0 Å². The molecule has 3 amide bonds. The van der Waals surface area contributed by atoms with Gasteiger partial charge in [0.05, 0.1) is 10.6 Å². The molecule has 132 valence electrons. The van der Waals surface area contributed by atoms with E-state index in [0.717, 1.165) is 19.4 Å². The number of urea groups is 1. The van der Waals surface area contributed by atoms with Gasteiger partial charge in [0.25, 0.3) is 5.91 Å². The fourth-order valence-electron chi connectivity index (χ4n) is 3.13. The van der Waals surface area contributed by atoms with E-state index in [1.54, 1.807) is 23.1 Å². The lowest BCUT2D eigenvalue weighted by molar-refractivity contribution is 0.0698. The Morgan fingerprint density at radius 2 is 2.17 bits per heavy atom. The van der Waals surface area contributed by atoms with E-state index >= 15 is 0 Å². The van der Waals surface area contributed by atoms with Crippen LogP contribution in [-0.2, 0) is 0 Å². The Labute approximate surface area is 152 Å². The van der Waals surface area contributed by atoms with Crippen molar-refractivity contribution in [3.8, 4) is 0 Å². The van der Waals surface area contributed by atoms with Crippen molar-refractivity contribution in [3.63, 3.8) is 0 Å². The van der Waals surface area contributed by atoms with Crippen LogP contribution in [0.5, 0.6) is 0 Å². The second-order valence-corrected chi connectivity index (χ2v) is 6.33. The molecule has 0 saturated carbocycles. The predicted octanol–water partition coefficient (Wildman–Crippen LogP) is 2.12. The molecule has 0 aromatic heterocycles. The number of rotatable bonds is 3. The van der Waals surface area contributed by atoms with Crippen molar-refractivity contribution in [2.75, 3.05) is 38.1 Å². The number of anilines is 1. The molecule has 8 heteroatoms. The van der Waals surface area contributed by atoms with Gasteiger partial charge in [0.2, 0.25) is 0 Å². The first-order chi connectivity index (χ1) is 11.1. The zero-order chi connectivity index (χ0) is 16.4. The van der Waals surface area contributed by atoms with Gasteiger partial charge in [0, 0.05) is 37.9 Å². The molecule has 2 heterocycles. The minimum atomic E-state index is -0.140. The lowest BCUT2D eigenvalue weighted by Crippen LogP contribution is -2.47. The molecular weight excluding hydrogens is 351 g/mol. The highest BCUT2D eigenvalue weighted by Gasteiger charge is 2.27. The molecule has 2 aliphatic heterocycles. The van der Waals surface area contributed by atoms with Crippen molar-refractivity contribution in [3.05, 3.63) is 28.8 Å². The van der Waals surface area contributed by atoms with Gasteiger partial charge in [-0.1, -0.05) is 11.6 Å². The number of hydrogen-bond acceptors (Lipinski definition) is 3. The third-order valence-corrected chi connectivity index (χ3v) is 4.80. The molecule has 6 nitrogen and oxygen atoms in total. The maximum atomic E-state index is 12.8. The minimum absolute atomic E-state index is 0. The number of nitrogens with zero attached hydrogens (tertiary/aromatic N) is 2. The van der Waals surface area contributed by atoms with Crippen LogP contribution in [0.2, 0.25) is 5.02 Å². The van der Waals surface area contributed by atoms with E-state index in [2.05, 4.69) is 10.6 Å². The lowest BCUT2D eigenvalue weighted by atomic mass is 10.0. The number of halogens is 2. The second kappa shape index (κ2) is 8.05. The zero-order valence-corrected chi connectivity index (χ0v) is 15.1. The Morgan fingerprint density at radius 1 is 1.38 bits per heavy atom. The van der Waals surface area contributed by atoms with Crippen molar-refractivity contribution in [1.29, 1.82) is 0 Å². The molecule has 1 aromatic carbocycles. The summed E-state index contributed by atoms with van der Waals surface area (Å²) in [5, 5.41) is 6.41.